The number of hydrogen-bond acceptors (Lipinski definition) is 3. The summed E-state index contributed by atoms with van der Waals surface area (Å²) in [4.78, 5) is 4.32. The Kier molecular flexibility index (Phi) is 7.37. The molecule has 1 aromatic carbocycles. The second-order valence-electron chi connectivity index (χ2n) is 6.64. The standard InChI is InChI=1S/C19H31N3O2/c1-16(24-17-8-5-4-6-9-17)14-21-18(20-2)22-15-19(10-7-11-19)12-13-23-3/h4-6,8-9,16H,7,10-15H2,1-3H3,(H2,20,21,22). The predicted octanol–water partition coefficient (Wildman–Crippen LogP) is 2.83. The largest absolute Gasteiger partial charge is 0.489 e. The van der Waals surface area contributed by atoms with Crippen molar-refractivity contribution in [3.05, 3.63) is 30.3 Å². The predicted molar refractivity (Wildman–Crippen MR) is 98.7 cm³/mol. The van der Waals surface area contributed by atoms with Crippen LogP contribution in [0.25, 0.3) is 0 Å². The van der Waals surface area contributed by atoms with Crippen LogP contribution in [0.15, 0.2) is 35.3 Å². The van der Waals surface area contributed by atoms with E-state index in [1.54, 1.807) is 14.2 Å². The Morgan fingerprint density at radius 2 is 2.00 bits per heavy atom. The average Bonchev–Trinajstić information content (AvgIpc) is 2.57. The summed E-state index contributed by atoms with van der Waals surface area (Å²) in [6, 6.07) is 9.89. The van der Waals surface area contributed by atoms with Gasteiger partial charge in [0.05, 0.1) is 6.54 Å². The Bertz CT molecular complexity index is 501. The van der Waals surface area contributed by atoms with Crippen molar-refractivity contribution in [1.29, 1.82) is 0 Å². The number of nitrogens with one attached hydrogen (secondary N) is 2. The van der Waals surface area contributed by atoms with Gasteiger partial charge >= 0.3 is 0 Å². The highest BCUT2D eigenvalue weighted by atomic mass is 16.5. The van der Waals surface area contributed by atoms with Gasteiger partial charge < -0.3 is 20.1 Å². The molecule has 0 saturated heterocycles. The third-order valence-electron chi connectivity index (χ3n) is 4.74. The number of methoxy groups -OCH3 is 1. The lowest BCUT2D eigenvalue weighted by molar-refractivity contribution is 0.0732. The molecule has 1 atom stereocenters. The maximum Gasteiger partial charge on any atom is 0.191 e. The molecule has 1 saturated carbocycles. The van der Waals surface area contributed by atoms with E-state index in [0.29, 0.717) is 12.0 Å². The molecule has 1 aliphatic rings. The van der Waals surface area contributed by atoms with Gasteiger partial charge in [0.25, 0.3) is 0 Å². The normalized spacial score (nSPS) is 17.7. The number of ether oxygens (including phenoxy) is 2. The van der Waals surface area contributed by atoms with Crippen LogP contribution in [0.5, 0.6) is 5.75 Å². The molecule has 2 rings (SSSR count). The molecule has 0 aliphatic heterocycles. The summed E-state index contributed by atoms with van der Waals surface area (Å²) in [5.74, 6) is 1.73. The smallest absolute Gasteiger partial charge is 0.191 e. The maximum absolute atomic E-state index is 5.88. The Labute approximate surface area is 145 Å². The molecule has 1 aromatic rings. The van der Waals surface area contributed by atoms with Crippen molar-refractivity contribution in [1.82, 2.24) is 10.6 Å². The summed E-state index contributed by atoms with van der Waals surface area (Å²) in [5.41, 5.74) is 0.375. The van der Waals surface area contributed by atoms with E-state index in [2.05, 4.69) is 22.5 Å². The average molecular weight is 333 g/mol. The summed E-state index contributed by atoms with van der Waals surface area (Å²) in [6.07, 6.45) is 5.04. The van der Waals surface area contributed by atoms with Crippen molar-refractivity contribution in [2.75, 3.05) is 33.9 Å². The van der Waals surface area contributed by atoms with Crippen LogP contribution in [0.4, 0.5) is 0 Å². The Morgan fingerprint density at radius 3 is 2.58 bits per heavy atom. The van der Waals surface area contributed by atoms with Crippen LogP contribution in [0.1, 0.15) is 32.6 Å². The van der Waals surface area contributed by atoms with E-state index in [1.807, 2.05) is 30.3 Å². The first kappa shape index (κ1) is 18.6. The number of para-hydroxylation sites is 1. The number of rotatable bonds is 9. The van der Waals surface area contributed by atoms with Gasteiger partial charge in [0, 0.05) is 27.3 Å². The first-order chi connectivity index (χ1) is 11.7. The molecule has 5 nitrogen and oxygen atoms in total. The zero-order valence-electron chi connectivity index (χ0n) is 15.2. The molecule has 5 heteroatoms. The minimum atomic E-state index is 0.0668. The van der Waals surface area contributed by atoms with Gasteiger partial charge in [-0.1, -0.05) is 24.6 Å². The van der Waals surface area contributed by atoms with Gasteiger partial charge in [-0.2, -0.15) is 0 Å². The highest BCUT2D eigenvalue weighted by Gasteiger charge is 2.36. The molecule has 0 aromatic heterocycles. The number of hydrogen-bond donors (Lipinski definition) is 2. The van der Waals surface area contributed by atoms with Crippen molar-refractivity contribution >= 4 is 5.96 Å². The molecule has 24 heavy (non-hydrogen) atoms. The van der Waals surface area contributed by atoms with Crippen molar-refractivity contribution in [2.24, 2.45) is 10.4 Å². The molecular formula is C19H31N3O2. The highest BCUT2D eigenvalue weighted by molar-refractivity contribution is 5.79. The maximum atomic E-state index is 5.88. The molecule has 1 fully saturated rings. The molecule has 1 aliphatic carbocycles. The molecule has 134 valence electrons. The van der Waals surface area contributed by atoms with E-state index in [1.165, 1.54) is 19.3 Å². The van der Waals surface area contributed by atoms with E-state index in [4.69, 9.17) is 9.47 Å². The molecule has 1 unspecified atom stereocenters. The van der Waals surface area contributed by atoms with Gasteiger partial charge in [0.1, 0.15) is 11.9 Å². The zero-order chi connectivity index (χ0) is 17.3. The second-order valence-corrected chi connectivity index (χ2v) is 6.64. The fourth-order valence-electron chi connectivity index (χ4n) is 3.02. The molecule has 0 spiro atoms. The van der Waals surface area contributed by atoms with Crippen LogP contribution >= 0.6 is 0 Å². The minimum absolute atomic E-state index is 0.0668. The lowest BCUT2D eigenvalue weighted by atomic mass is 9.67. The van der Waals surface area contributed by atoms with Gasteiger partial charge in [0.15, 0.2) is 5.96 Å². The van der Waals surface area contributed by atoms with Crippen molar-refractivity contribution in [3.63, 3.8) is 0 Å². The molecule has 0 bridgehead atoms. The summed E-state index contributed by atoms with van der Waals surface area (Å²) >= 11 is 0. The van der Waals surface area contributed by atoms with Gasteiger partial charge in [0.2, 0.25) is 0 Å². The van der Waals surface area contributed by atoms with Gasteiger partial charge in [-0.25, -0.2) is 0 Å². The fourth-order valence-corrected chi connectivity index (χ4v) is 3.02. The molecule has 0 heterocycles. The number of guanidine groups is 1. The van der Waals surface area contributed by atoms with Crippen LogP contribution in [0.3, 0.4) is 0 Å². The van der Waals surface area contributed by atoms with Crippen molar-refractivity contribution in [2.45, 2.75) is 38.7 Å². The van der Waals surface area contributed by atoms with Crippen LogP contribution in [-0.4, -0.2) is 45.9 Å². The van der Waals surface area contributed by atoms with Crippen LogP contribution in [-0.2, 0) is 4.74 Å². The van der Waals surface area contributed by atoms with E-state index in [-0.39, 0.29) is 6.10 Å². The first-order valence-electron chi connectivity index (χ1n) is 8.83. The third kappa shape index (κ3) is 5.71. The summed E-state index contributed by atoms with van der Waals surface area (Å²) in [7, 11) is 3.58. The number of nitrogens with zero attached hydrogens (tertiary/aromatic N) is 1. The lowest BCUT2D eigenvalue weighted by Gasteiger charge is -2.42. The van der Waals surface area contributed by atoms with Gasteiger partial charge in [-0.3, -0.25) is 4.99 Å². The Morgan fingerprint density at radius 1 is 1.25 bits per heavy atom. The van der Waals surface area contributed by atoms with E-state index < -0.39 is 0 Å². The quantitative estimate of drug-likeness (QED) is 0.539. The highest BCUT2D eigenvalue weighted by Crippen LogP contribution is 2.43. The number of aliphatic imine (C=N–C) groups is 1. The van der Waals surface area contributed by atoms with E-state index in [0.717, 1.165) is 31.3 Å². The SMILES string of the molecule is CN=C(NCC(C)Oc1ccccc1)NCC1(CCOC)CCC1. The van der Waals surface area contributed by atoms with Gasteiger partial charge in [-0.15, -0.1) is 0 Å². The van der Waals surface area contributed by atoms with E-state index >= 15 is 0 Å². The Balaban J connectivity index is 1.72. The monoisotopic (exact) mass is 333 g/mol. The van der Waals surface area contributed by atoms with Crippen LogP contribution < -0.4 is 15.4 Å². The lowest BCUT2D eigenvalue weighted by Crippen LogP contribution is -2.48. The summed E-state index contributed by atoms with van der Waals surface area (Å²) in [6.45, 7) is 4.54. The fraction of sp³-hybridized carbons (Fsp3) is 0.632. The molecule has 0 radical (unpaired) electrons. The van der Waals surface area contributed by atoms with Crippen LogP contribution in [0.2, 0.25) is 0 Å². The summed E-state index contributed by atoms with van der Waals surface area (Å²) in [5, 5.41) is 6.82. The molecule has 2 N–H and O–H groups in total. The van der Waals surface area contributed by atoms with E-state index in [9.17, 15) is 0 Å². The van der Waals surface area contributed by atoms with Crippen molar-refractivity contribution < 1.29 is 9.47 Å². The third-order valence-corrected chi connectivity index (χ3v) is 4.74. The molecular weight excluding hydrogens is 302 g/mol. The van der Waals surface area contributed by atoms with Gasteiger partial charge in [-0.05, 0) is 43.7 Å². The van der Waals surface area contributed by atoms with Crippen LogP contribution in [0, 0.1) is 5.41 Å². The molecule has 0 amide bonds. The number of benzene rings is 1. The topological polar surface area (TPSA) is 54.9 Å². The first-order valence-corrected chi connectivity index (χ1v) is 8.83. The minimum Gasteiger partial charge on any atom is -0.489 e. The Hall–Kier alpha value is -1.75. The second kappa shape index (κ2) is 9.52. The van der Waals surface area contributed by atoms with Crippen molar-refractivity contribution in [3.8, 4) is 5.75 Å². The summed E-state index contributed by atoms with van der Waals surface area (Å²) < 4.78 is 11.1. The zero-order valence-corrected chi connectivity index (χ0v) is 15.2.